The average Bonchev–Trinajstić information content (AvgIpc) is 2.23. The molecule has 0 saturated heterocycles. The summed E-state index contributed by atoms with van der Waals surface area (Å²) >= 11 is 0. The van der Waals surface area contributed by atoms with E-state index in [9.17, 15) is 13.6 Å². The van der Waals surface area contributed by atoms with Crippen LogP contribution >= 0.6 is 0 Å². The predicted octanol–water partition coefficient (Wildman–Crippen LogP) is 2.45. The monoisotopic (exact) mass is 241 g/mol. The Balaban J connectivity index is 2.69. The highest BCUT2D eigenvalue weighted by atomic mass is 19.1. The molecule has 0 aliphatic rings. The summed E-state index contributed by atoms with van der Waals surface area (Å²) in [6.45, 7) is 3.81. The predicted molar refractivity (Wildman–Crippen MR) is 62.5 cm³/mol. The fourth-order valence-corrected chi connectivity index (χ4v) is 1.47. The quantitative estimate of drug-likeness (QED) is 0.860. The van der Waals surface area contributed by atoms with Gasteiger partial charge in [0.1, 0.15) is 17.4 Å². The van der Waals surface area contributed by atoms with Crippen molar-refractivity contribution in [2.75, 3.05) is 0 Å². The normalized spacial score (nSPS) is 12.8. The molecule has 1 atom stereocenters. The zero-order chi connectivity index (χ0) is 13.0. The van der Waals surface area contributed by atoms with Gasteiger partial charge in [-0.3, -0.25) is 4.79 Å². The minimum Gasteiger partial charge on any atom is -0.327 e. The summed E-state index contributed by atoms with van der Waals surface area (Å²) in [5, 5.41) is 0. The van der Waals surface area contributed by atoms with E-state index in [4.69, 9.17) is 5.73 Å². The molecule has 2 nitrogen and oxygen atoms in total. The molecule has 0 saturated carbocycles. The summed E-state index contributed by atoms with van der Waals surface area (Å²) in [5.41, 5.74) is 5.57. The third kappa shape index (κ3) is 3.89. The lowest BCUT2D eigenvalue weighted by molar-refractivity contribution is -0.119. The van der Waals surface area contributed by atoms with Gasteiger partial charge in [-0.05, 0) is 18.1 Å². The molecule has 1 unspecified atom stereocenters. The number of carbonyl (C=O) groups is 1. The van der Waals surface area contributed by atoms with Crippen molar-refractivity contribution in [3.8, 4) is 0 Å². The van der Waals surface area contributed by atoms with Gasteiger partial charge in [0.05, 0.1) is 0 Å². The molecule has 0 aliphatic heterocycles. The highest BCUT2D eigenvalue weighted by Gasteiger charge is 2.17. The fourth-order valence-electron chi connectivity index (χ4n) is 1.47. The summed E-state index contributed by atoms with van der Waals surface area (Å²) in [4.78, 5) is 11.6. The number of ketones is 1. The van der Waals surface area contributed by atoms with E-state index in [0.717, 1.165) is 12.1 Å². The molecule has 0 heterocycles. The molecule has 2 N–H and O–H groups in total. The summed E-state index contributed by atoms with van der Waals surface area (Å²) in [6.07, 6.45) is -0.0929. The third-order valence-corrected chi connectivity index (χ3v) is 2.76. The second-order valence-corrected chi connectivity index (χ2v) is 4.53. The van der Waals surface area contributed by atoms with Gasteiger partial charge < -0.3 is 5.73 Å². The molecule has 94 valence electrons. The maximum Gasteiger partial charge on any atom is 0.139 e. The molecule has 1 aromatic carbocycles. The molecule has 0 fully saturated rings. The lowest BCUT2D eigenvalue weighted by Crippen LogP contribution is -2.30. The number of hydrogen-bond donors (Lipinski definition) is 1. The molecule has 0 aliphatic carbocycles. The minimum absolute atomic E-state index is 0.144. The van der Waals surface area contributed by atoms with Gasteiger partial charge in [-0.2, -0.15) is 0 Å². The third-order valence-electron chi connectivity index (χ3n) is 2.76. The number of rotatable bonds is 5. The van der Waals surface area contributed by atoms with Crippen molar-refractivity contribution in [1.82, 2.24) is 0 Å². The van der Waals surface area contributed by atoms with Gasteiger partial charge in [-0.15, -0.1) is 0 Å². The molecule has 0 spiro atoms. The Morgan fingerprint density at radius 2 is 1.82 bits per heavy atom. The van der Waals surface area contributed by atoms with E-state index in [0.29, 0.717) is 0 Å². The van der Waals surface area contributed by atoms with Gasteiger partial charge in [0, 0.05) is 24.4 Å². The van der Waals surface area contributed by atoms with Gasteiger partial charge in [-0.25, -0.2) is 8.78 Å². The van der Waals surface area contributed by atoms with E-state index in [1.54, 1.807) is 0 Å². The summed E-state index contributed by atoms with van der Waals surface area (Å²) < 4.78 is 26.6. The summed E-state index contributed by atoms with van der Waals surface area (Å²) in [7, 11) is 0. The Labute approximate surface area is 99.8 Å². The lowest BCUT2D eigenvalue weighted by Gasteiger charge is -2.14. The average molecular weight is 241 g/mol. The highest BCUT2D eigenvalue weighted by Crippen LogP contribution is 2.14. The van der Waals surface area contributed by atoms with Gasteiger partial charge in [0.25, 0.3) is 0 Å². The molecule has 17 heavy (non-hydrogen) atoms. The van der Waals surface area contributed by atoms with Crippen molar-refractivity contribution < 1.29 is 13.6 Å². The Hall–Kier alpha value is -1.29. The van der Waals surface area contributed by atoms with Crippen LogP contribution in [0.1, 0.15) is 25.8 Å². The molecule has 1 aromatic rings. The standard InChI is InChI=1S/C13H17F2NO/c1-8(2)13(16)7-9(17)6-10-11(14)4-3-5-12(10)15/h3-5,8,13H,6-7,16H2,1-2H3. The van der Waals surface area contributed by atoms with E-state index in [1.807, 2.05) is 13.8 Å². The van der Waals surface area contributed by atoms with Crippen molar-refractivity contribution in [3.05, 3.63) is 35.4 Å². The van der Waals surface area contributed by atoms with E-state index in [1.165, 1.54) is 6.07 Å². The van der Waals surface area contributed by atoms with E-state index < -0.39 is 11.6 Å². The van der Waals surface area contributed by atoms with Crippen molar-refractivity contribution >= 4 is 5.78 Å². The highest BCUT2D eigenvalue weighted by molar-refractivity contribution is 5.81. The van der Waals surface area contributed by atoms with Crippen molar-refractivity contribution in [3.63, 3.8) is 0 Å². The second kappa shape index (κ2) is 5.87. The van der Waals surface area contributed by atoms with E-state index in [2.05, 4.69) is 0 Å². The number of halogens is 2. The molecule has 0 bridgehead atoms. The zero-order valence-corrected chi connectivity index (χ0v) is 10.0. The fraction of sp³-hybridized carbons (Fsp3) is 0.462. The van der Waals surface area contributed by atoms with Crippen LogP contribution in [0.4, 0.5) is 8.78 Å². The summed E-state index contributed by atoms with van der Waals surface area (Å²) in [5.74, 6) is -1.44. The number of hydrogen-bond acceptors (Lipinski definition) is 2. The first-order valence-electron chi connectivity index (χ1n) is 5.62. The van der Waals surface area contributed by atoms with E-state index >= 15 is 0 Å². The van der Waals surface area contributed by atoms with Crippen LogP contribution in [-0.4, -0.2) is 11.8 Å². The summed E-state index contributed by atoms with van der Waals surface area (Å²) in [6, 6.07) is 3.30. The number of benzene rings is 1. The van der Waals surface area contributed by atoms with Crippen LogP contribution in [0.5, 0.6) is 0 Å². The smallest absolute Gasteiger partial charge is 0.139 e. The Morgan fingerprint density at radius 1 is 1.29 bits per heavy atom. The van der Waals surface area contributed by atoms with Crippen LogP contribution < -0.4 is 5.73 Å². The van der Waals surface area contributed by atoms with Crippen LogP contribution in [-0.2, 0) is 11.2 Å². The van der Waals surface area contributed by atoms with Gasteiger partial charge in [-0.1, -0.05) is 19.9 Å². The minimum atomic E-state index is -0.684. The van der Waals surface area contributed by atoms with Crippen LogP contribution in [0, 0.1) is 17.6 Å². The second-order valence-electron chi connectivity index (χ2n) is 4.53. The molecular formula is C13H17F2NO. The first kappa shape index (κ1) is 13.8. The zero-order valence-electron chi connectivity index (χ0n) is 10.0. The first-order chi connectivity index (χ1) is 7.91. The maximum atomic E-state index is 13.3. The number of carbonyl (C=O) groups excluding carboxylic acids is 1. The maximum absolute atomic E-state index is 13.3. The SMILES string of the molecule is CC(C)C(N)CC(=O)Cc1c(F)cccc1F. The lowest BCUT2D eigenvalue weighted by atomic mass is 9.96. The van der Waals surface area contributed by atoms with Gasteiger partial charge in [0.15, 0.2) is 0 Å². The first-order valence-corrected chi connectivity index (χ1v) is 5.62. The Kier molecular flexibility index (Phi) is 4.75. The molecule has 0 aromatic heterocycles. The van der Waals surface area contributed by atoms with Crippen LogP contribution in [0.15, 0.2) is 18.2 Å². The van der Waals surface area contributed by atoms with Crippen LogP contribution in [0.2, 0.25) is 0 Å². The van der Waals surface area contributed by atoms with Crippen LogP contribution in [0.3, 0.4) is 0 Å². The molecule has 0 radical (unpaired) electrons. The van der Waals surface area contributed by atoms with Crippen molar-refractivity contribution in [2.45, 2.75) is 32.7 Å². The topological polar surface area (TPSA) is 43.1 Å². The largest absolute Gasteiger partial charge is 0.327 e. The molecule has 1 rings (SSSR count). The van der Waals surface area contributed by atoms with Crippen molar-refractivity contribution in [2.24, 2.45) is 11.7 Å². The van der Waals surface area contributed by atoms with E-state index in [-0.39, 0.29) is 36.1 Å². The Morgan fingerprint density at radius 3 is 2.29 bits per heavy atom. The Bertz CT molecular complexity index is 384. The van der Waals surface area contributed by atoms with Gasteiger partial charge >= 0.3 is 0 Å². The molecule has 0 amide bonds. The number of Topliss-reactive ketones (excluding diaryl/α,β-unsaturated/α-hetero) is 1. The number of nitrogens with two attached hydrogens (primary N) is 1. The van der Waals surface area contributed by atoms with Gasteiger partial charge in [0.2, 0.25) is 0 Å². The molecular weight excluding hydrogens is 224 g/mol. The molecule has 4 heteroatoms. The van der Waals surface area contributed by atoms with Crippen LogP contribution in [0.25, 0.3) is 0 Å². The van der Waals surface area contributed by atoms with Crippen molar-refractivity contribution in [1.29, 1.82) is 0 Å².